The fraction of sp³-hybridized carbons (Fsp3) is 0.700. The molecule has 1 aliphatic rings. The number of carbonyl (C=O) groups is 2. The van der Waals surface area contributed by atoms with Crippen molar-refractivity contribution in [2.45, 2.75) is 161 Å². The number of hydrogen-bond acceptors (Lipinski definition) is 6. The quantitative estimate of drug-likeness (QED) is 0.0363. The molecule has 0 radical (unpaired) electrons. The van der Waals surface area contributed by atoms with E-state index in [1.54, 1.807) is 0 Å². The van der Waals surface area contributed by atoms with Crippen LogP contribution in [0.1, 0.15) is 143 Å². The summed E-state index contributed by atoms with van der Waals surface area (Å²) in [5, 5.41) is 9.52. The summed E-state index contributed by atoms with van der Waals surface area (Å²) in [7, 11) is 0. The molecule has 3 atom stereocenters. The highest BCUT2D eigenvalue weighted by molar-refractivity contribution is 5.70. The van der Waals surface area contributed by atoms with Crippen molar-refractivity contribution in [1.82, 2.24) is 0 Å². The normalized spacial score (nSPS) is 17.4. The van der Waals surface area contributed by atoms with Crippen LogP contribution in [0.3, 0.4) is 0 Å². The first-order valence-electron chi connectivity index (χ1n) is 18.3. The molecule has 6 heteroatoms. The Labute approximate surface area is 281 Å². The van der Waals surface area contributed by atoms with Gasteiger partial charge in [0.15, 0.2) is 6.10 Å². The molecule has 0 aromatic heterocycles. The monoisotopic (exact) mass is 642 g/mol. The first-order valence-corrected chi connectivity index (χ1v) is 18.3. The van der Waals surface area contributed by atoms with Crippen molar-refractivity contribution < 1.29 is 28.9 Å². The van der Waals surface area contributed by atoms with Gasteiger partial charge in [-0.15, -0.1) is 0 Å². The molecule has 2 unspecified atom stereocenters. The molecule has 1 rings (SSSR count). The average Bonchev–Trinajstić information content (AvgIpc) is 3.79. The van der Waals surface area contributed by atoms with Gasteiger partial charge in [0.2, 0.25) is 0 Å². The Morgan fingerprint density at radius 2 is 1.20 bits per heavy atom. The maximum absolute atomic E-state index is 12.1. The molecule has 1 N–H and O–H groups in total. The molecule has 1 fully saturated rings. The third-order valence-electron chi connectivity index (χ3n) is 7.92. The Hall–Kier alpha value is -2.44. The van der Waals surface area contributed by atoms with E-state index in [1.165, 1.54) is 44.9 Å². The molecule has 0 aliphatic carbocycles. The Kier molecular flexibility index (Phi) is 27.1. The molecule has 262 valence electrons. The second kappa shape index (κ2) is 29.9. The van der Waals surface area contributed by atoms with Crippen LogP contribution in [-0.4, -0.2) is 48.6 Å². The van der Waals surface area contributed by atoms with Crippen LogP contribution in [0, 0.1) is 5.92 Å². The van der Waals surface area contributed by atoms with E-state index in [-0.39, 0.29) is 25.6 Å². The fourth-order valence-electron chi connectivity index (χ4n) is 5.04. The van der Waals surface area contributed by atoms with E-state index in [0.29, 0.717) is 25.0 Å². The predicted molar refractivity (Wildman–Crippen MR) is 191 cm³/mol. The highest BCUT2D eigenvalue weighted by Gasteiger charge is 2.35. The summed E-state index contributed by atoms with van der Waals surface area (Å²) >= 11 is 0. The van der Waals surface area contributed by atoms with Crippen molar-refractivity contribution in [3.63, 3.8) is 0 Å². The smallest absolute Gasteiger partial charge is 0.306 e. The fourth-order valence-corrected chi connectivity index (χ4v) is 5.04. The van der Waals surface area contributed by atoms with Crippen LogP contribution >= 0.6 is 0 Å². The number of unbranched alkanes of at least 4 members (excludes halogenated alkanes) is 8. The Morgan fingerprint density at radius 1 is 0.674 bits per heavy atom. The number of carbonyl (C=O) groups excluding carboxylic acids is 2. The van der Waals surface area contributed by atoms with Crippen molar-refractivity contribution in [3.05, 3.63) is 60.8 Å². The molecule has 0 bridgehead atoms. The third kappa shape index (κ3) is 26.7. The Balaban J connectivity index is 1.97. The summed E-state index contributed by atoms with van der Waals surface area (Å²) in [4.78, 5) is 24.1. The number of rotatable bonds is 30. The van der Waals surface area contributed by atoms with Gasteiger partial charge in [0.1, 0.15) is 6.61 Å². The number of esters is 2. The molecular formula is C40H66O6. The first kappa shape index (κ1) is 41.6. The highest BCUT2D eigenvalue weighted by atomic mass is 16.6. The van der Waals surface area contributed by atoms with Gasteiger partial charge in [-0.05, 0) is 57.3 Å². The topological polar surface area (TPSA) is 85.4 Å². The lowest BCUT2D eigenvalue weighted by Crippen LogP contribution is -2.28. The highest BCUT2D eigenvalue weighted by Crippen LogP contribution is 2.29. The number of aliphatic hydroxyl groups excluding tert-OH is 1. The van der Waals surface area contributed by atoms with Gasteiger partial charge in [0, 0.05) is 12.8 Å². The van der Waals surface area contributed by atoms with Gasteiger partial charge < -0.3 is 19.3 Å². The van der Waals surface area contributed by atoms with Gasteiger partial charge in [-0.1, -0.05) is 139 Å². The molecule has 1 heterocycles. The molecule has 0 aromatic rings. The van der Waals surface area contributed by atoms with Crippen LogP contribution < -0.4 is 0 Å². The molecule has 0 aromatic carbocycles. The molecule has 0 saturated carbocycles. The minimum absolute atomic E-state index is 0.101. The van der Waals surface area contributed by atoms with Crippen molar-refractivity contribution in [2.24, 2.45) is 5.92 Å². The zero-order valence-corrected chi connectivity index (χ0v) is 29.4. The lowest BCUT2D eigenvalue weighted by Gasteiger charge is -2.15. The molecule has 0 amide bonds. The van der Waals surface area contributed by atoms with E-state index in [2.05, 4.69) is 69.4 Å². The first-order chi connectivity index (χ1) is 22.5. The molecule has 1 saturated heterocycles. The van der Waals surface area contributed by atoms with Crippen LogP contribution in [0.15, 0.2) is 60.8 Å². The standard InChI is InChI=1S/C40H66O6/c1-4-5-23-29-37-38(46-37)30-25-20-16-12-8-6-7-9-13-18-22-27-32-40(43)45-36(33-41)34-44-39(42)31-26-21-17-14-10-11-15-19-24-28-35(2)3/h5,7-9,12,18,20,22-23,25,35-38,41H,4,6,10-11,13-17,19,21,24,26-34H2,1-3H3/b9-7-,12-8-,22-18-,23-5-,25-20-/t36-,37?,38?/m0/s1. The van der Waals surface area contributed by atoms with Crippen molar-refractivity contribution >= 4 is 11.9 Å². The summed E-state index contributed by atoms with van der Waals surface area (Å²) in [6, 6.07) is 0. The Bertz CT molecular complexity index is 899. The predicted octanol–water partition coefficient (Wildman–Crippen LogP) is 10.1. The minimum Gasteiger partial charge on any atom is -0.462 e. The summed E-state index contributed by atoms with van der Waals surface area (Å²) in [5.74, 6) is 0.111. The van der Waals surface area contributed by atoms with Crippen LogP contribution in [0.5, 0.6) is 0 Å². The summed E-state index contributed by atoms with van der Waals surface area (Å²) in [6.45, 7) is 6.25. The lowest BCUT2D eigenvalue weighted by atomic mass is 10.0. The molecule has 46 heavy (non-hydrogen) atoms. The van der Waals surface area contributed by atoms with Gasteiger partial charge in [0.25, 0.3) is 0 Å². The van der Waals surface area contributed by atoms with Crippen molar-refractivity contribution in [2.75, 3.05) is 13.2 Å². The van der Waals surface area contributed by atoms with E-state index in [1.807, 2.05) is 12.2 Å². The van der Waals surface area contributed by atoms with E-state index in [4.69, 9.17) is 14.2 Å². The maximum atomic E-state index is 12.1. The summed E-state index contributed by atoms with van der Waals surface area (Å²) in [6.07, 6.45) is 40.5. The third-order valence-corrected chi connectivity index (χ3v) is 7.92. The van der Waals surface area contributed by atoms with Gasteiger partial charge in [-0.25, -0.2) is 0 Å². The Morgan fingerprint density at radius 3 is 1.76 bits per heavy atom. The maximum Gasteiger partial charge on any atom is 0.306 e. The second-order valence-electron chi connectivity index (χ2n) is 12.8. The van der Waals surface area contributed by atoms with E-state index in [9.17, 15) is 14.7 Å². The zero-order chi connectivity index (χ0) is 33.5. The van der Waals surface area contributed by atoms with Gasteiger partial charge >= 0.3 is 11.9 Å². The van der Waals surface area contributed by atoms with E-state index < -0.39 is 12.1 Å². The van der Waals surface area contributed by atoms with E-state index >= 15 is 0 Å². The SMILES string of the molecule is CC/C=C\CC1OC1C/C=C\C/C=C\C/C=C\C/C=C\CCC(=O)O[C@@H](CO)COC(=O)CCCCCCCCCCCC(C)C. The van der Waals surface area contributed by atoms with Gasteiger partial charge in [-0.2, -0.15) is 0 Å². The summed E-state index contributed by atoms with van der Waals surface area (Å²) < 4.78 is 16.2. The number of ether oxygens (including phenoxy) is 3. The van der Waals surface area contributed by atoms with E-state index in [0.717, 1.165) is 63.7 Å². The van der Waals surface area contributed by atoms with Crippen LogP contribution in [0.25, 0.3) is 0 Å². The average molecular weight is 643 g/mol. The van der Waals surface area contributed by atoms with Gasteiger partial charge in [0.05, 0.1) is 18.8 Å². The molecule has 1 aliphatic heterocycles. The van der Waals surface area contributed by atoms with Crippen molar-refractivity contribution in [1.29, 1.82) is 0 Å². The summed E-state index contributed by atoms with van der Waals surface area (Å²) in [5.41, 5.74) is 0. The van der Waals surface area contributed by atoms with Crippen LogP contribution in [0.4, 0.5) is 0 Å². The van der Waals surface area contributed by atoms with Crippen LogP contribution in [0.2, 0.25) is 0 Å². The number of allylic oxidation sites excluding steroid dienone is 8. The second-order valence-corrected chi connectivity index (χ2v) is 12.8. The molecule has 0 spiro atoms. The zero-order valence-electron chi connectivity index (χ0n) is 29.4. The minimum atomic E-state index is -0.815. The molecule has 6 nitrogen and oxygen atoms in total. The number of hydrogen-bond donors (Lipinski definition) is 1. The van der Waals surface area contributed by atoms with Crippen molar-refractivity contribution in [3.8, 4) is 0 Å². The number of aliphatic hydroxyl groups is 1. The number of epoxide rings is 1. The molecular weight excluding hydrogens is 576 g/mol. The van der Waals surface area contributed by atoms with Crippen LogP contribution in [-0.2, 0) is 23.8 Å². The van der Waals surface area contributed by atoms with Gasteiger partial charge in [-0.3, -0.25) is 9.59 Å². The lowest BCUT2D eigenvalue weighted by molar-refractivity contribution is -0.161. The largest absolute Gasteiger partial charge is 0.462 e.